The summed E-state index contributed by atoms with van der Waals surface area (Å²) in [5.74, 6) is 0.189. The van der Waals surface area contributed by atoms with Crippen molar-refractivity contribution in [1.29, 1.82) is 0 Å². The predicted octanol–water partition coefficient (Wildman–Crippen LogP) is -0.643. The molecule has 2 amide bonds. The first-order chi connectivity index (χ1) is 6.59. The molecule has 0 radical (unpaired) electrons. The first-order valence-corrected chi connectivity index (χ1v) is 4.71. The molecule has 5 nitrogen and oxygen atoms in total. The van der Waals surface area contributed by atoms with Crippen LogP contribution in [0.4, 0.5) is 0 Å². The fraction of sp³-hybridized carbons (Fsp3) is 0.778. The van der Waals surface area contributed by atoms with E-state index in [4.69, 9.17) is 10.5 Å². The summed E-state index contributed by atoms with van der Waals surface area (Å²) in [5, 5.41) is 0. The second-order valence-corrected chi connectivity index (χ2v) is 3.58. The molecule has 0 aromatic rings. The van der Waals surface area contributed by atoms with Crippen molar-refractivity contribution < 1.29 is 14.3 Å². The predicted molar refractivity (Wildman–Crippen MR) is 50.4 cm³/mol. The highest BCUT2D eigenvalue weighted by molar-refractivity contribution is 5.74. The Hall–Kier alpha value is -1.10. The normalized spacial score (nSPS) is 16.5. The first-order valence-electron chi connectivity index (χ1n) is 4.71. The molecule has 0 unspecified atom stereocenters. The third-order valence-electron chi connectivity index (χ3n) is 2.25. The number of primary amides is 1. The van der Waals surface area contributed by atoms with Crippen LogP contribution in [0.3, 0.4) is 0 Å². The van der Waals surface area contributed by atoms with Gasteiger partial charge in [-0.1, -0.05) is 0 Å². The Morgan fingerprint density at radius 3 is 2.64 bits per heavy atom. The van der Waals surface area contributed by atoms with E-state index in [0.29, 0.717) is 19.1 Å². The van der Waals surface area contributed by atoms with E-state index in [0.717, 1.165) is 13.1 Å². The van der Waals surface area contributed by atoms with Crippen LogP contribution < -0.4 is 5.73 Å². The molecule has 5 heteroatoms. The van der Waals surface area contributed by atoms with Crippen molar-refractivity contribution in [2.75, 3.05) is 26.3 Å². The van der Waals surface area contributed by atoms with E-state index < -0.39 is 0 Å². The third kappa shape index (κ3) is 3.33. The van der Waals surface area contributed by atoms with Crippen LogP contribution in [0.5, 0.6) is 0 Å². The molecule has 1 rings (SSSR count). The van der Waals surface area contributed by atoms with Crippen molar-refractivity contribution in [3.8, 4) is 0 Å². The molecule has 0 aliphatic carbocycles. The van der Waals surface area contributed by atoms with E-state index in [-0.39, 0.29) is 18.2 Å². The standard InChI is InChI=1S/C9H16N2O3/c1-7(12)11-4-8(5-11)6-14-3-2-9(10)13/h8H,2-6H2,1H3,(H2,10,13). The Morgan fingerprint density at radius 1 is 1.50 bits per heavy atom. The average molecular weight is 200 g/mol. The van der Waals surface area contributed by atoms with Gasteiger partial charge in [0.05, 0.1) is 13.2 Å². The third-order valence-corrected chi connectivity index (χ3v) is 2.25. The number of carbonyl (C=O) groups excluding carboxylic acids is 2. The molecule has 0 aromatic heterocycles. The van der Waals surface area contributed by atoms with E-state index in [1.54, 1.807) is 11.8 Å². The number of likely N-dealkylation sites (tertiary alicyclic amines) is 1. The summed E-state index contributed by atoms with van der Waals surface area (Å²) >= 11 is 0. The summed E-state index contributed by atoms with van der Waals surface area (Å²) in [6.07, 6.45) is 0.267. The summed E-state index contributed by atoms with van der Waals surface area (Å²) in [4.78, 5) is 22.9. The molecule has 1 aliphatic rings. The van der Waals surface area contributed by atoms with Crippen molar-refractivity contribution in [1.82, 2.24) is 4.90 Å². The molecule has 1 heterocycles. The molecule has 0 aromatic carbocycles. The molecule has 14 heavy (non-hydrogen) atoms. The van der Waals surface area contributed by atoms with Gasteiger partial charge in [0.1, 0.15) is 0 Å². The van der Waals surface area contributed by atoms with Crippen molar-refractivity contribution in [3.63, 3.8) is 0 Å². The second-order valence-electron chi connectivity index (χ2n) is 3.58. The maximum atomic E-state index is 10.8. The lowest BCUT2D eigenvalue weighted by molar-refractivity contribution is -0.136. The molecule has 1 aliphatic heterocycles. The zero-order valence-electron chi connectivity index (χ0n) is 8.36. The van der Waals surface area contributed by atoms with Gasteiger partial charge in [-0.3, -0.25) is 9.59 Å². The summed E-state index contributed by atoms with van der Waals surface area (Å²) in [7, 11) is 0. The van der Waals surface area contributed by atoms with Crippen molar-refractivity contribution in [3.05, 3.63) is 0 Å². The largest absolute Gasteiger partial charge is 0.380 e. The highest BCUT2D eigenvalue weighted by Crippen LogP contribution is 2.15. The Balaban J connectivity index is 1.96. The number of carbonyl (C=O) groups is 2. The Morgan fingerprint density at radius 2 is 2.14 bits per heavy atom. The van der Waals surface area contributed by atoms with Crippen molar-refractivity contribution in [2.45, 2.75) is 13.3 Å². The van der Waals surface area contributed by atoms with Gasteiger partial charge in [-0.2, -0.15) is 0 Å². The van der Waals surface area contributed by atoms with Gasteiger partial charge in [0.25, 0.3) is 0 Å². The second kappa shape index (κ2) is 4.95. The van der Waals surface area contributed by atoms with E-state index >= 15 is 0 Å². The van der Waals surface area contributed by atoms with E-state index in [9.17, 15) is 9.59 Å². The van der Waals surface area contributed by atoms with E-state index in [2.05, 4.69) is 0 Å². The summed E-state index contributed by atoms with van der Waals surface area (Å²) in [6, 6.07) is 0. The minimum absolute atomic E-state index is 0.110. The smallest absolute Gasteiger partial charge is 0.219 e. The number of hydrogen-bond donors (Lipinski definition) is 1. The van der Waals surface area contributed by atoms with Crippen LogP contribution in [0.15, 0.2) is 0 Å². The fourth-order valence-electron chi connectivity index (χ4n) is 1.36. The van der Waals surface area contributed by atoms with Gasteiger partial charge < -0.3 is 15.4 Å². The maximum Gasteiger partial charge on any atom is 0.219 e. The van der Waals surface area contributed by atoms with E-state index in [1.807, 2.05) is 0 Å². The van der Waals surface area contributed by atoms with Crippen LogP contribution >= 0.6 is 0 Å². The maximum absolute atomic E-state index is 10.8. The number of rotatable bonds is 5. The van der Waals surface area contributed by atoms with Gasteiger partial charge in [-0.15, -0.1) is 0 Å². The van der Waals surface area contributed by atoms with Gasteiger partial charge >= 0.3 is 0 Å². The Bertz CT molecular complexity index is 224. The average Bonchev–Trinajstić information content (AvgIpc) is 1.98. The molecule has 0 saturated carbocycles. The summed E-state index contributed by atoms with van der Waals surface area (Å²) < 4.78 is 5.24. The topological polar surface area (TPSA) is 72.6 Å². The number of amides is 2. The number of nitrogens with two attached hydrogens (primary N) is 1. The molecule has 2 N–H and O–H groups in total. The molecular weight excluding hydrogens is 184 g/mol. The molecule has 0 bridgehead atoms. The van der Waals surface area contributed by atoms with E-state index in [1.165, 1.54) is 0 Å². The van der Waals surface area contributed by atoms with Crippen LogP contribution in [0.2, 0.25) is 0 Å². The zero-order valence-corrected chi connectivity index (χ0v) is 8.36. The lowest BCUT2D eigenvalue weighted by atomic mass is 10.0. The number of ether oxygens (including phenoxy) is 1. The summed E-state index contributed by atoms with van der Waals surface area (Å²) in [6.45, 7) is 4.09. The Kier molecular flexibility index (Phi) is 3.88. The highest BCUT2D eigenvalue weighted by atomic mass is 16.5. The van der Waals surface area contributed by atoms with Crippen LogP contribution in [0.1, 0.15) is 13.3 Å². The number of nitrogens with zero attached hydrogens (tertiary/aromatic N) is 1. The number of hydrogen-bond acceptors (Lipinski definition) is 3. The van der Waals surface area contributed by atoms with Crippen LogP contribution in [-0.4, -0.2) is 43.0 Å². The monoisotopic (exact) mass is 200 g/mol. The van der Waals surface area contributed by atoms with Gasteiger partial charge in [-0.25, -0.2) is 0 Å². The molecular formula is C9H16N2O3. The molecule has 80 valence electrons. The van der Waals surface area contributed by atoms with Crippen LogP contribution in [-0.2, 0) is 14.3 Å². The quantitative estimate of drug-likeness (QED) is 0.600. The fourth-order valence-corrected chi connectivity index (χ4v) is 1.36. The van der Waals surface area contributed by atoms with Gasteiger partial charge in [-0.05, 0) is 0 Å². The zero-order chi connectivity index (χ0) is 10.6. The lowest BCUT2D eigenvalue weighted by Crippen LogP contribution is -2.50. The van der Waals surface area contributed by atoms with Crippen molar-refractivity contribution >= 4 is 11.8 Å². The highest BCUT2D eigenvalue weighted by Gasteiger charge is 2.28. The summed E-state index contributed by atoms with van der Waals surface area (Å²) in [5.41, 5.74) is 4.95. The molecule has 0 atom stereocenters. The first kappa shape index (κ1) is 11.0. The molecule has 1 saturated heterocycles. The van der Waals surface area contributed by atoms with Gasteiger partial charge in [0.15, 0.2) is 0 Å². The Labute approximate surface area is 83.2 Å². The minimum atomic E-state index is -0.344. The lowest BCUT2D eigenvalue weighted by Gasteiger charge is -2.38. The van der Waals surface area contributed by atoms with Crippen molar-refractivity contribution in [2.24, 2.45) is 11.7 Å². The SMILES string of the molecule is CC(=O)N1CC(COCCC(N)=O)C1. The van der Waals surface area contributed by atoms with Gasteiger partial charge in [0, 0.05) is 32.4 Å². The molecule has 1 fully saturated rings. The minimum Gasteiger partial charge on any atom is -0.380 e. The van der Waals surface area contributed by atoms with Gasteiger partial charge in [0.2, 0.25) is 11.8 Å². The van der Waals surface area contributed by atoms with Crippen LogP contribution in [0, 0.1) is 5.92 Å². The molecule has 0 spiro atoms. The van der Waals surface area contributed by atoms with Crippen LogP contribution in [0.25, 0.3) is 0 Å².